The van der Waals surface area contributed by atoms with E-state index in [2.05, 4.69) is 24.4 Å². The van der Waals surface area contributed by atoms with Crippen LogP contribution in [0.15, 0.2) is 95.9 Å². The van der Waals surface area contributed by atoms with Crippen molar-refractivity contribution in [3.63, 3.8) is 0 Å². The number of aromatic nitrogens is 1. The molecule has 1 fully saturated rings. The quantitative estimate of drug-likeness (QED) is 0.490. The lowest BCUT2D eigenvalue weighted by Crippen LogP contribution is -2.49. The van der Waals surface area contributed by atoms with Crippen molar-refractivity contribution in [2.45, 2.75) is 44.2 Å². The molecule has 1 saturated heterocycles. The summed E-state index contributed by atoms with van der Waals surface area (Å²) in [6, 6.07) is 21.6. The number of aliphatic hydroxyl groups is 1. The van der Waals surface area contributed by atoms with Crippen LogP contribution in [0.1, 0.15) is 43.2 Å². The minimum atomic E-state index is -1.05. The van der Waals surface area contributed by atoms with Crippen LogP contribution in [0.4, 0.5) is 0 Å². The van der Waals surface area contributed by atoms with Gasteiger partial charge in [0.1, 0.15) is 0 Å². The number of hydrogen-bond acceptors (Lipinski definition) is 4. The van der Waals surface area contributed by atoms with Crippen LogP contribution < -0.4 is 10.9 Å². The van der Waals surface area contributed by atoms with Gasteiger partial charge in [-0.3, -0.25) is 9.59 Å². The standard InChI is InChI=1S/C32H35N3O3/c1-24(25-10-4-2-5-11-25)20-30(36)34-18-15-32(38,16-19-34)23-35-22-28(29-14-8-9-17-33-29)27(21-31(35)37)26-12-6-3-7-13-26/h2-14,21-22,24,33,38H,15-20,23H2,1H3/t24-/m1/s1. The molecule has 0 aliphatic carbocycles. The average molecular weight is 510 g/mol. The van der Waals surface area contributed by atoms with E-state index < -0.39 is 5.60 Å². The maximum Gasteiger partial charge on any atom is 0.251 e. The van der Waals surface area contributed by atoms with Gasteiger partial charge in [-0.25, -0.2) is 0 Å². The van der Waals surface area contributed by atoms with E-state index in [1.807, 2.05) is 77.9 Å². The summed E-state index contributed by atoms with van der Waals surface area (Å²) in [5.74, 6) is 0.251. The molecule has 6 heteroatoms. The van der Waals surface area contributed by atoms with Gasteiger partial charge in [-0.05, 0) is 41.5 Å². The summed E-state index contributed by atoms with van der Waals surface area (Å²) in [7, 11) is 0. The number of benzene rings is 2. The molecule has 3 aromatic rings. The van der Waals surface area contributed by atoms with E-state index in [9.17, 15) is 14.7 Å². The molecule has 3 heterocycles. The van der Waals surface area contributed by atoms with Gasteiger partial charge in [0, 0.05) is 49.6 Å². The first kappa shape index (κ1) is 25.7. The van der Waals surface area contributed by atoms with Crippen LogP contribution in [-0.4, -0.2) is 45.7 Å². The number of carbonyl (C=O) groups excluding carboxylic acids is 1. The van der Waals surface area contributed by atoms with Gasteiger partial charge in [0.25, 0.3) is 5.56 Å². The molecule has 196 valence electrons. The van der Waals surface area contributed by atoms with Gasteiger partial charge in [0.05, 0.1) is 12.1 Å². The number of nitrogens with one attached hydrogen (secondary N) is 1. The molecule has 38 heavy (non-hydrogen) atoms. The Morgan fingerprint density at radius 2 is 1.71 bits per heavy atom. The Morgan fingerprint density at radius 1 is 1.03 bits per heavy atom. The molecule has 6 nitrogen and oxygen atoms in total. The van der Waals surface area contributed by atoms with E-state index in [4.69, 9.17) is 0 Å². The van der Waals surface area contributed by atoms with Crippen molar-refractivity contribution < 1.29 is 9.90 Å². The monoisotopic (exact) mass is 509 g/mol. The first-order valence-corrected chi connectivity index (χ1v) is 13.4. The molecule has 1 aromatic heterocycles. The van der Waals surface area contributed by atoms with E-state index in [0.717, 1.165) is 34.5 Å². The fraction of sp³-hybridized carbons (Fsp3) is 0.312. The second-order valence-corrected chi connectivity index (χ2v) is 10.4. The van der Waals surface area contributed by atoms with E-state index >= 15 is 0 Å². The fourth-order valence-corrected chi connectivity index (χ4v) is 5.35. The molecule has 2 aromatic carbocycles. The summed E-state index contributed by atoms with van der Waals surface area (Å²) in [5.41, 5.74) is 3.65. The van der Waals surface area contributed by atoms with Gasteiger partial charge in [0.15, 0.2) is 0 Å². The fourth-order valence-electron chi connectivity index (χ4n) is 5.35. The summed E-state index contributed by atoms with van der Waals surface area (Å²) >= 11 is 0. The number of likely N-dealkylation sites (tertiary alicyclic amines) is 1. The van der Waals surface area contributed by atoms with Crippen molar-refractivity contribution in [3.05, 3.63) is 113 Å². The van der Waals surface area contributed by atoms with Crippen molar-refractivity contribution in [1.82, 2.24) is 14.8 Å². The second kappa shape index (κ2) is 11.2. The zero-order valence-corrected chi connectivity index (χ0v) is 21.8. The van der Waals surface area contributed by atoms with Crippen LogP contribution in [-0.2, 0) is 11.3 Å². The van der Waals surface area contributed by atoms with E-state index in [1.54, 1.807) is 10.6 Å². The van der Waals surface area contributed by atoms with Crippen molar-refractivity contribution >= 4 is 11.6 Å². The Morgan fingerprint density at radius 3 is 2.37 bits per heavy atom. The Bertz CT molecular complexity index is 1380. The lowest BCUT2D eigenvalue weighted by atomic mass is 9.90. The first-order chi connectivity index (χ1) is 18.4. The average Bonchev–Trinajstić information content (AvgIpc) is 2.95. The van der Waals surface area contributed by atoms with E-state index in [0.29, 0.717) is 32.4 Å². The minimum Gasteiger partial charge on any atom is -0.388 e. The first-order valence-electron chi connectivity index (χ1n) is 13.4. The van der Waals surface area contributed by atoms with Crippen molar-refractivity contribution in [2.75, 3.05) is 19.6 Å². The molecule has 0 saturated carbocycles. The third-order valence-electron chi connectivity index (χ3n) is 7.67. The highest BCUT2D eigenvalue weighted by atomic mass is 16.3. The van der Waals surface area contributed by atoms with Gasteiger partial charge in [0.2, 0.25) is 5.91 Å². The molecule has 2 N–H and O–H groups in total. The summed E-state index contributed by atoms with van der Waals surface area (Å²) in [5, 5.41) is 14.9. The predicted octanol–water partition coefficient (Wildman–Crippen LogP) is 4.56. The molecule has 0 radical (unpaired) electrons. The van der Waals surface area contributed by atoms with Crippen LogP contribution in [0.5, 0.6) is 0 Å². The van der Waals surface area contributed by atoms with Crippen LogP contribution >= 0.6 is 0 Å². The maximum atomic E-state index is 13.2. The van der Waals surface area contributed by atoms with E-state index in [1.165, 1.54) is 0 Å². The summed E-state index contributed by atoms with van der Waals surface area (Å²) in [6.45, 7) is 3.95. The Balaban J connectivity index is 1.31. The molecule has 0 unspecified atom stereocenters. The van der Waals surface area contributed by atoms with Crippen LogP contribution in [0.2, 0.25) is 0 Å². The molecule has 0 spiro atoms. The largest absolute Gasteiger partial charge is 0.388 e. The molecule has 1 atom stereocenters. The van der Waals surface area contributed by atoms with Crippen LogP contribution in [0, 0.1) is 0 Å². The number of piperidine rings is 1. The zero-order valence-electron chi connectivity index (χ0n) is 21.8. The summed E-state index contributed by atoms with van der Waals surface area (Å²) in [6.07, 6.45) is 9.24. The number of nitrogens with zero attached hydrogens (tertiary/aromatic N) is 2. The molecular formula is C32H35N3O3. The van der Waals surface area contributed by atoms with Crippen LogP contribution in [0.25, 0.3) is 16.8 Å². The Labute approximate surface area is 223 Å². The molecule has 2 aliphatic heterocycles. The highest BCUT2D eigenvalue weighted by molar-refractivity contribution is 5.81. The maximum absolute atomic E-state index is 13.2. The van der Waals surface area contributed by atoms with E-state index in [-0.39, 0.29) is 23.9 Å². The number of amides is 1. The second-order valence-electron chi connectivity index (χ2n) is 10.4. The number of pyridine rings is 1. The Hall–Kier alpha value is -3.90. The third kappa shape index (κ3) is 5.81. The molecule has 2 aliphatic rings. The number of dihydropyridines is 1. The van der Waals surface area contributed by atoms with Gasteiger partial charge >= 0.3 is 0 Å². The predicted molar refractivity (Wildman–Crippen MR) is 151 cm³/mol. The molecule has 1 amide bonds. The highest BCUT2D eigenvalue weighted by Gasteiger charge is 2.35. The minimum absolute atomic E-state index is 0.110. The molecular weight excluding hydrogens is 474 g/mol. The smallest absolute Gasteiger partial charge is 0.251 e. The lowest BCUT2D eigenvalue weighted by molar-refractivity contribution is -0.136. The topological polar surface area (TPSA) is 74.6 Å². The normalized spacial score (nSPS) is 17.4. The van der Waals surface area contributed by atoms with Crippen molar-refractivity contribution in [3.8, 4) is 11.1 Å². The summed E-state index contributed by atoms with van der Waals surface area (Å²) < 4.78 is 1.62. The number of rotatable bonds is 7. The van der Waals surface area contributed by atoms with Crippen molar-refractivity contribution in [1.29, 1.82) is 0 Å². The Kier molecular flexibility index (Phi) is 7.61. The number of hydrogen-bond donors (Lipinski definition) is 2. The number of carbonyl (C=O) groups is 1. The van der Waals surface area contributed by atoms with Crippen LogP contribution in [0.3, 0.4) is 0 Å². The third-order valence-corrected chi connectivity index (χ3v) is 7.67. The van der Waals surface area contributed by atoms with Gasteiger partial charge in [-0.15, -0.1) is 0 Å². The zero-order chi connectivity index (χ0) is 26.5. The highest BCUT2D eigenvalue weighted by Crippen LogP contribution is 2.30. The van der Waals surface area contributed by atoms with Crippen molar-refractivity contribution in [2.24, 2.45) is 0 Å². The van der Waals surface area contributed by atoms with Gasteiger partial charge in [-0.2, -0.15) is 0 Å². The lowest BCUT2D eigenvalue weighted by Gasteiger charge is -2.39. The molecule has 5 rings (SSSR count). The summed E-state index contributed by atoms with van der Waals surface area (Å²) in [4.78, 5) is 28.0. The number of allylic oxidation sites excluding steroid dienone is 2. The SMILES string of the molecule is C[C@H](CC(=O)N1CCC(O)(Cn2cc(C3=CC=CCN3)c(-c3ccccc3)cc2=O)CC1)c1ccccc1. The van der Waals surface area contributed by atoms with Gasteiger partial charge < -0.3 is 19.9 Å². The molecule has 0 bridgehead atoms. The van der Waals surface area contributed by atoms with Gasteiger partial charge in [-0.1, -0.05) is 79.7 Å².